The number of halogens is 2. The van der Waals surface area contributed by atoms with Gasteiger partial charge in [-0.05, 0) is 52.7 Å². The van der Waals surface area contributed by atoms with Crippen molar-refractivity contribution in [2.24, 2.45) is 0 Å². The van der Waals surface area contributed by atoms with Gasteiger partial charge < -0.3 is 24.8 Å². The van der Waals surface area contributed by atoms with Crippen LogP contribution in [0.25, 0.3) is 0 Å². The van der Waals surface area contributed by atoms with Crippen LogP contribution < -0.4 is 24.8 Å². The van der Waals surface area contributed by atoms with Crippen molar-refractivity contribution in [3.05, 3.63) is 45.4 Å². The van der Waals surface area contributed by atoms with Crippen LogP contribution >= 0.6 is 27.5 Å². The molecular weight excluding hydrogens is 436 g/mol. The van der Waals surface area contributed by atoms with Crippen LogP contribution in [0, 0.1) is 0 Å². The quantitative estimate of drug-likeness (QED) is 0.589. The highest BCUT2D eigenvalue weighted by atomic mass is 79.9. The minimum atomic E-state index is -0.164. The molecule has 0 bridgehead atoms. The van der Waals surface area contributed by atoms with E-state index in [1.165, 1.54) is 0 Å². The molecule has 146 valence electrons. The minimum Gasteiger partial charge on any atom is -0.493 e. The van der Waals surface area contributed by atoms with Gasteiger partial charge in [0.25, 0.3) is 0 Å². The Balaban J connectivity index is 1.95. The molecular formula is C19H22BrClN2O4. The van der Waals surface area contributed by atoms with Crippen molar-refractivity contribution >= 4 is 39.1 Å². The van der Waals surface area contributed by atoms with Crippen LogP contribution in [-0.2, 0) is 11.3 Å². The molecule has 0 radical (unpaired) electrons. The number of carbonyl (C=O) groups is 1. The first-order valence-electron chi connectivity index (χ1n) is 8.31. The van der Waals surface area contributed by atoms with Gasteiger partial charge in [0.2, 0.25) is 5.91 Å². The minimum absolute atomic E-state index is 0.0835. The molecule has 8 heteroatoms. The van der Waals surface area contributed by atoms with Gasteiger partial charge in [-0.3, -0.25) is 4.79 Å². The topological polar surface area (TPSA) is 68.8 Å². The summed E-state index contributed by atoms with van der Waals surface area (Å²) in [5.41, 5.74) is 1.55. The van der Waals surface area contributed by atoms with Crippen LogP contribution in [0.15, 0.2) is 34.8 Å². The summed E-state index contributed by atoms with van der Waals surface area (Å²) in [4.78, 5) is 12.2. The fraction of sp³-hybridized carbons (Fsp3) is 0.316. The third-order valence-electron chi connectivity index (χ3n) is 3.67. The van der Waals surface area contributed by atoms with E-state index < -0.39 is 0 Å². The molecule has 2 aromatic rings. The summed E-state index contributed by atoms with van der Waals surface area (Å²) in [6, 6.07) is 8.97. The Labute approximate surface area is 172 Å². The molecule has 1 amide bonds. The summed E-state index contributed by atoms with van der Waals surface area (Å²) in [7, 11) is 3.15. The van der Waals surface area contributed by atoms with Crippen LogP contribution in [0.2, 0.25) is 5.02 Å². The van der Waals surface area contributed by atoms with Gasteiger partial charge in [0.15, 0.2) is 17.2 Å². The number of benzene rings is 2. The molecule has 0 heterocycles. The van der Waals surface area contributed by atoms with Crippen molar-refractivity contribution in [1.29, 1.82) is 0 Å². The van der Waals surface area contributed by atoms with Crippen LogP contribution in [0.1, 0.15) is 12.5 Å². The van der Waals surface area contributed by atoms with E-state index >= 15 is 0 Å². The monoisotopic (exact) mass is 456 g/mol. The first-order valence-corrected chi connectivity index (χ1v) is 9.48. The number of carbonyl (C=O) groups excluding carboxylic acids is 1. The van der Waals surface area contributed by atoms with E-state index in [1.807, 2.05) is 19.1 Å². The zero-order chi connectivity index (χ0) is 19.8. The van der Waals surface area contributed by atoms with E-state index in [0.29, 0.717) is 41.1 Å². The zero-order valence-electron chi connectivity index (χ0n) is 15.4. The average Bonchev–Trinajstić information content (AvgIpc) is 2.66. The van der Waals surface area contributed by atoms with Crippen LogP contribution in [0.4, 0.5) is 5.69 Å². The van der Waals surface area contributed by atoms with Crippen LogP contribution in [0.5, 0.6) is 17.2 Å². The Kier molecular flexibility index (Phi) is 8.06. The summed E-state index contributed by atoms with van der Waals surface area (Å²) in [6.07, 6.45) is 0. The van der Waals surface area contributed by atoms with Crippen molar-refractivity contribution in [2.45, 2.75) is 13.5 Å². The van der Waals surface area contributed by atoms with Crippen LogP contribution in [-0.4, -0.2) is 33.3 Å². The van der Waals surface area contributed by atoms with E-state index in [4.69, 9.17) is 25.8 Å². The number of hydrogen-bond acceptors (Lipinski definition) is 5. The van der Waals surface area contributed by atoms with Gasteiger partial charge in [0.05, 0.1) is 37.5 Å². The molecule has 0 aliphatic heterocycles. The molecule has 2 rings (SSSR count). The second-order valence-electron chi connectivity index (χ2n) is 5.52. The fourth-order valence-corrected chi connectivity index (χ4v) is 3.34. The van der Waals surface area contributed by atoms with E-state index in [0.717, 1.165) is 10.0 Å². The fourth-order valence-electron chi connectivity index (χ4n) is 2.41. The van der Waals surface area contributed by atoms with E-state index in [9.17, 15) is 4.79 Å². The predicted octanol–water partition coefficient (Wildman–Crippen LogP) is 4.25. The lowest BCUT2D eigenvalue weighted by atomic mass is 10.2. The SMILES string of the molecule is CCOc1c(Br)cc(Cl)cc1NCC(=O)NCc1ccc(OC)c(OC)c1. The van der Waals surface area contributed by atoms with Gasteiger partial charge in [0.1, 0.15) is 0 Å². The van der Waals surface area contributed by atoms with Gasteiger partial charge in [-0.2, -0.15) is 0 Å². The maximum atomic E-state index is 12.2. The maximum absolute atomic E-state index is 12.2. The number of rotatable bonds is 9. The standard InChI is InChI=1S/C19H22BrClN2O4/c1-4-27-19-14(20)8-13(21)9-15(19)22-11-18(24)23-10-12-5-6-16(25-2)17(7-12)26-3/h5-9,22H,4,10-11H2,1-3H3,(H,23,24). The van der Waals surface area contributed by atoms with E-state index in [-0.39, 0.29) is 12.5 Å². The molecule has 2 aromatic carbocycles. The smallest absolute Gasteiger partial charge is 0.239 e. The lowest BCUT2D eigenvalue weighted by Gasteiger charge is -2.15. The first-order chi connectivity index (χ1) is 13.0. The van der Waals surface area contributed by atoms with Crippen LogP contribution in [0.3, 0.4) is 0 Å². The highest BCUT2D eigenvalue weighted by Gasteiger charge is 2.12. The number of nitrogens with one attached hydrogen (secondary N) is 2. The predicted molar refractivity (Wildman–Crippen MR) is 110 cm³/mol. The molecule has 0 saturated heterocycles. The lowest BCUT2D eigenvalue weighted by molar-refractivity contribution is -0.119. The number of hydrogen-bond donors (Lipinski definition) is 2. The molecule has 0 saturated carbocycles. The first kappa shape index (κ1) is 21.2. The van der Waals surface area contributed by atoms with Crippen molar-refractivity contribution in [3.8, 4) is 17.2 Å². The van der Waals surface area contributed by atoms with Gasteiger partial charge in [-0.15, -0.1) is 0 Å². The molecule has 0 spiro atoms. The molecule has 0 unspecified atom stereocenters. The van der Waals surface area contributed by atoms with Crippen molar-refractivity contribution in [3.63, 3.8) is 0 Å². The number of methoxy groups -OCH3 is 2. The van der Waals surface area contributed by atoms with E-state index in [2.05, 4.69) is 26.6 Å². The zero-order valence-corrected chi connectivity index (χ0v) is 17.7. The summed E-state index contributed by atoms with van der Waals surface area (Å²) >= 11 is 9.50. The number of anilines is 1. The highest BCUT2D eigenvalue weighted by Crippen LogP contribution is 2.36. The largest absolute Gasteiger partial charge is 0.493 e. The number of amides is 1. The molecule has 0 aliphatic rings. The molecule has 0 atom stereocenters. The summed E-state index contributed by atoms with van der Waals surface area (Å²) in [5.74, 6) is 1.72. The van der Waals surface area contributed by atoms with E-state index in [1.54, 1.807) is 32.4 Å². The van der Waals surface area contributed by atoms with Gasteiger partial charge in [-0.25, -0.2) is 0 Å². The second kappa shape index (κ2) is 10.3. The van der Waals surface area contributed by atoms with Gasteiger partial charge >= 0.3 is 0 Å². The van der Waals surface area contributed by atoms with Crippen molar-refractivity contribution in [1.82, 2.24) is 5.32 Å². The second-order valence-corrected chi connectivity index (χ2v) is 6.81. The molecule has 2 N–H and O–H groups in total. The summed E-state index contributed by atoms with van der Waals surface area (Å²) in [6.45, 7) is 2.85. The Morgan fingerprint density at radius 2 is 1.89 bits per heavy atom. The van der Waals surface area contributed by atoms with Crippen molar-refractivity contribution in [2.75, 3.05) is 32.7 Å². The molecule has 27 heavy (non-hydrogen) atoms. The normalized spacial score (nSPS) is 10.3. The molecule has 0 aliphatic carbocycles. The Morgan fingerprint density at radius 3 is 2.56 bits per heavy atom. The third kappa shape index (κ3) is 5.94. The highest BCUT2D eigenvalue weighted by molar-refractivity contribution is 9.10. The van der Waals surface area contributed by atoms with Gasteiger partial charge in [0, 0.05) is 11.6 Å². The Hall–Kier alpha value is -2.12. The Morgan fingerprint density at radius 1 is 1.15 bits per heavy atom. The molecule has 6 nitrogen and oxygen atoms in total. The summed E-state index contributed by atoms with van der Waals surface area (Å²) < 4.78 is 16.8. The lowest BCUT2D eigenvalue weighted by Crippen LogP contribution is -2.29. The van der Waals surface area contributed by atoms with Crippen molar-refractivity contribution < 1.29 is 19.0 Å². The Bertz CT molecular complexity index is 802. The maximum Gasteiger partial charge on any atom is 0.239 e. The molecule has 0 aromatic heterocycles. The van der Waals surface area contributed by atoms with Gasteiger partial charge in [-0.1, -0.05) is 17.7 Å². The third-order valence-corrected chi connectivity index (χ3v) is 4.48. The summed E-state index contributed by atoms with van der Waals surface area (Å²) in [5, 5.41) is 6.46. The molecule has 0 fully saturated rings. The number of ether oxygens (including phenoxy) is 3. The average molecular weight is 458 g/mol.